The number of rotatable bonds is 8. The van der Waals surface area contributed by atoms with Crippen LogP contribution in [0.2, 0.25) is 0 Å². The van der Waals surface area contributed by atoms with Crippen LogP contribution in [0, 0.1) is 10.1 Å². The Hall–Kier alpha value is -2.52. The first-order valence-corrected chi connectivity index (χ1v) is 6.81. The number of nitro benzene ring substituents is 1. The summed E-state index contributed by atoms with van der Waals surface area (Å²) < 4.78 is 9.45. The molecule has 0 amide bonds. The third-order valence-electron chi connectivity index (χ3n) is 2.82. The van der Waals surface area contributed by atoms with Crippen molar-refractivity contribution in [1.82, 2.24) is 0 Å². The first-order valence-electron chi connectivity index (χ1n) is 6.81. The van der Waals surface area contributed by atoms with Crippen molar-refractivity contribution in [3.05, 3.63) is 39.9 Å². The van der Waals surface area contributed by atoms with Crippen LogP contribution < -0.4 is 5.73 Å². The van der Waals surface area contributed by atoms with E-state index >= 15 is 0 Å². The molecular weight excluding hydrogens is 308 g/mol. The Morgan fingerprint density at radius 1 is 1.22 bits per heavy atom. The summed E-state index contributed by atoms with van der Waals surface area (Å²) in [5, 5.41) is 19.4. The molecule has 9 nitrogen and oxygen atoms in total. The number of esters is 2. The molecule has 1 unspecified atom stereocenters. The zero-order chi connectivity index (χ0) is 17.4. The number of nitrogens with zero attached hydrogens (tertiary/aromatic N) is 1. The number of hydrogen-bond donors (Lipinski definition) is 2. The van der Waals surface area contributed by atoms with Gasteiger partial charge in [-0.1, -0.05) is 12.1 Å². The Balaban J connectivity index is 2.36. The summed E-state index contributed by atoms with van der Waals surface area (Å²) in [7, 11) is 0. The highest BCUT2D eigenvalue weighted by atomic mass is 16.6. The molecule has 0 aliphatic rings. The molecule has 0 radical (unpaired) electrons. The summed E-state index contributed by atoms with van der Waals surface area (Å²) in [6.07, 6.45) is -1.08. The van der Waals surface area contributed by atoms with E-state index in [1.54, 1.807) is 0 Å². The van der Waals surface area contributed by atoms with Crippen molar-refractivity contribution in [1.29, 1.82) is 0 Å². The molecule has 0 saturated carbocycles. The van der Waals surface area contributed by atoms with Gasteiger partial charge < -0.3 is 20.3 Å². The van der Waals surface area contributed by atoms with E-state index in [4.69, 9.17) is 15.6 Å². The van der Waals surface area contributed by atoms with Crippen molar-refractivity contribution in [3.8, 4) is 0 Å². The molecule has 1 rings (SSSR count). The van der Waals surface area contributed by atoms with E-state index in [1.165, 1.54) is 31.2 Å². The van der Waals surface area contributed by atoms with E-state index in [0.29, 0.717) is 5.56 Å². The fourth-order valence-corrected chi connectivity index (χ4v) is 1.60. The van der Waals surface area contributed by atoms with Crippen molar-refractivity contribution < 1.29 is 29.1 Å². The van der Waals surface area contributed by atoms with Gasteiger partial charge in [0.05, 0.1) is 4.92 Å². The van der Waals surface area contributed by atoms with Gasteiger partial charge in [-0.2, -0.15) is 0 Å². The maximum atomic E-state index is 11.7. The van der Waals surface area contributed by atoms with E-state index in [2.05, 4.69) is 4.74 Å². The summed E-state index contributed by atoms with van der Waals surface area (Å²) in [4.78, 5) is 32.6. The van der Waals surface area contributed by atoms with Crippen LogP contribution in [0.4, 0.5) is 5.69 Å². The van der Waals surface area contributed by atoms with Crippen LogP contribution in [0.5, 0.6) is 0 Å². The predicted octanol–water partition coefficient (Wildman–Crippen LogP) is -0.0682. The molecule has 0 aliphatic heterocycles. The predicted molar refractivity (Wildman–Crippen MR) is 78.4 cm³/mol. The second-order valence-corrected chi connectivity index (χ2v) is 4.75. The lowest BCUT2D eigenvalue weighted by Gasteiger charge is -2.12. The number of carbonyl (C=O) groups is 2. The van der Waals surface area contributed by atoms with Gasteiger partial charge >= 0.3 is 11.9 Å². The van der Waals surface area contributed by atoms with Gasteiger partial charge in [-0.05, 0) is 18.9 Å². The Morgan fingerprint density at radius 3 is 2.22 bits per heavy atom. The highest BCUT2D eigenvalue weighted by Crippen LogP contribution is 2.13. The average molecular weight is 326 g/mol. The third-order valence-corrected chi connectivity index (χ3v) is 2.82. The van der Waals surface area contributed by atoms with Gasteiger partial charge in [0.15, 0.2) is 0 Å². The van der Waals surface area contributed by atoms with E-state index in [-0.39, 0.29) is 25.3 Å². The number of aliphatic hydroxyl groups is 1. The van der Waals surface area contributed by atoms with Crippen molar-refractivity contribution >= 4 is 17.6 Å². The summed E-state index contributed by atoms with van der Waals surface area (Å²) in [6.45, 7) is 0.902. The molecule has 0 spiro atoms. The number of non-ortho nitro benzene ring substituents is 1. The molecule has 0 fully saturated rings. The fraction of sp³-hybridized carbons (Fsp3) is 0.429. The van der Waals surface area contributed by atoms with E-state index in [1.807, 2.05) is 0 Å². The molecular formula is C14H18N2O7. The fourth-order valence-electron chi connectivity index (χ4n) is 1.60. The molecule has 2 atom stereocenters. The molecule has 0 aliphatic carbocycles. The molecule has 9 heteroatoms. The maximum Gasteiger partial charge on any atom is 0.334 e. The Kier molecular flexibility index (Phi) is 7.10. The first-order chi connectivity index (χ1) is 10.8. The minimum Gasteiger partial charge on any atom is -0.461 e. The second kappa shape index (κ2) is 8.81. The van der Waals surface area contributed by atoms with Gasteiger partial charge in [-0.15, -0.1) is 0 Å². The molecule has 1 aromatic carbocycles. The third kappa shape index (κ3) is 6.41. The van der Waals surface area contributed by atoms with Crippen LogP contribution in [0.15, 0.2) is 24.3 Å². The number of nitro groups is 1. The minimum atomic E-state index is -1.24. The molecule has 3 N–H and O–H groups in total. The summed E-state index contributed by atoms with van der Waals surface area (Å²) in [6, 6.07) is 4.72. The highest BCUT2D eigenvalue weighted by molar-refractivity contribution is 5.76. The second-order valence-electron chi connectivity index (χ2n) is 4.75. The standard InChI is InChI=1S/C14H18N2O7/c1-9(17)13(18)22-6-7-23-14(19)12(15)8-10-2-4-11(5-3-10)16(20)21/h2-5,9,12,17H,6-8,15H2,1H3/t9?,12-/m0/s1. The Bertz CT molecular complexity index is 557. The van der Waals surface area contributed by atoms with Gasteiger partial charge in [-0.25, -0.2) is 4.79 Å². The van der Waals surface area contributed by atoms with Crippen molar-refractivity contribution in [2.75, 3.05) is 13.2 Å². The Morgan fingerprint density at radius 2 is 1.74 bits per heavy atom. The van der Waals surface area contributed by atoms with Crippen molar-refractivity contribution in [2.45, 2.75) is 25.5 Å². The van der Waals surface area contributed by atoms with Gasteiger partial charge in [0.25, 0.3) is 5.69 Å². The maximum absolute atomic E-state index is 11.7. The minimum absolute atomic E-state index is 0.0511. The van der Waals surface area contributed by atoms with Crippen LogP contribution >= 0.6 is 0 Å². The zero-order valence-corrected chi connectivity index (χ0v) is 12.5. The molecule has 0 saturated heterocycles. The number of benzene rings is 1. The summed E-state index contributed by atoms with van der Waals surface area (Å²) >= 11 is 0. The van der Waals surface area contributed by atoms with Crippen LogP contribution in [0.1, 0.15) is 12.5 Å². The topological polar surface area (TPSA) is 142 Å². The monoisotopic (exact) mass is 326 g/mol. The number of hydrogen-bond acceptors (Lipinski definition) is 8. The lowest BCUT2D eigenvalue weighted by molar-refractivity contribution is -0.384. The van der Waals surface area contributed by atoms with Gasteiger partial charge in [0, 0.05) is 12.1 Å². The quantitative estimate of drug-likeness (QED) is 0.292. The summed E-state index contributed by atoms with van der Waals surface area (Å²) in [5.74, 6) is -1.49. The lowest BCUT2D eigenvalue weighted by atomic mass is 10.1. The number of nitrogens with two attached hydrogens (primary N) is 1. The molecule has 23 heavy (non-hydrogen) atoms. The van der Waals surface area contributed by atoms with Crippen LogP contribution in [-0.4, -0.2) is 47.3 Å². The smallest absolute Gasteiger partial charge is 0.334 e. The largest absolute Gasteiger partial charge is 0.461 e. The highest BCUT2D eigenvalue weighted by Gasteiger charge is 2.17. The van der Waals surface area contributed by atoms with E-state index < -0.39 is 29.0 Å². The van der Waals surface area contributed by atoms with Crippen LogP contribution in [-0.2, 0) is 25.5 Å². The number of aliphatic hydroxyl groups excluding tert-OH is 1. The van der Waals surface area contributed by atoms with E-state index in [0.717, 1.165) is 0 Å². The SMILES string of the molecule is CC(O)C(=O)OCCOC(=O)[C@@H](N)Cc1ccc([N+](=O)[O-])cc1. The number of carbonyl (C=O) groups excluding carboxylic acids is 2. The zero-order valence-electron chi connectivity index (χ0n) is 12.5. The van der Waals surface area contributed by atoms with Gasteiger partial charge in [0.2, 0.25) is 0 Å². The van der Waals surface area contributed by atoms with Crippen molar-refractivity contribution in [3.63, 3.8) is 0 Å². The molecule has 0 bridgehead atoms. The normalized spacial score (nSPS) is 13.0. The molecule has 0 aromatic heterocycles. The van der Waals surface area contributed by atoms with Gasteiger partial charge in [0.1, 0.15) is 25.4 Å². The van der Waals surface area contributed by atoms with Crippen LogP contribution in [0.3, 0.4) is 0 Å². The molecule has 126 valence electrons. The Labute approximate surface area is 132 Å². The first kappa shape index (κ1) is 18.5. The lowest BCUT2D eigenvalue weighted by Crippen LogP contribution is -2.35. The van der Waals surface area contributed by atoms with Crippen molar-refractivity contribution in [2.24, 2.45) is 5.73 Å². The molecule has 0 heterocycles. The van der Waals surface area contributed by atoms with Gasteiger partial charge in [-0.3, -0.25) is 14.9 Å². The van der Waals surface area contributed by atoms with E-state index in [9.17, 15) is 19.7 Å². The van der Waals surface area contributed by atoms with Crippen LogP contribution in [0.25, 0.3) is 0 Å². The average Bonchev–Trinajstić information content (AvgIpc) is 2.51. The number of ether oxygens (including phenoxy) is 2. The summed E-state index contributed by atoms with van der Waals surface area (Å²) in [5.41, 5.74) is 6.28. The molecule has 1 aromatic rings.